The first-order valence-electron chi connectivity index (χ1n) is 10.9. The third-order valence-corrected chi connectivity index (χ3v) is 5.15. The van der Waals surface area contributed by atoms with Crippen LogP contribution in [0.3, 0.4) is 0 Å². The zero-order valence-electron chi connectivity index (χ0n) is 20.1. The molecule has 0 unspecified atom stereocenters. The maximum atomic E-state index is 8.60. The van der Waals surface area contributed by atoms with E-state index in [0.29, 0.717) is 0 Å². The molecule has 207 valence electrons. The molecule has 1 aliphatic rings. The summed E-state index contributed by atoms with van der Waals surface area (Å²) in [5.74, 6) is 0. The smallest absolute Gasteiger partial charge is 0.0777 e. The van der Waals surface area contributed by atoms with Crippen molar-refractivity contribution in [3.05, 3.63) is 0 Å². The van der Waals surface area contributed by atoms with Crippen molar-refractivity contribution < 1.29 is 74.8 Å². The van der Waals surface area contributed by atoms with Crippen LogP contribution in [0.5, 0.6) is 0 Å². The second kappa shape index (κ2) is 21.9. The quantitative estimate of drug-likeness (QED) is 0.301. The van der Waals surface area contributed by atoms with Crippen LogP contribution >= 0.6 is 0 Å². The fourth-order valence-corrected chi connectivity index (χ4v) is 3.31. The van der Waals surface area contributed by atoms with E-state index in [9.17, 15) is 0 Å². The number of hydrogen-bond acceptors (Lipinski definition) is 12. The minimum atomic E-state index is -4.69. The van der Waals surface area contributed by atoms with Gasteiger partial charge in [0.25, 0.3) is 0 Å². The Morgan fingerprint density at radius 2 is 0.636 bits per heavy atom. The van der Waals surface area contributed by atoms with Crippen molar-refractivity contribution in [1.29, 1.82) is 0 Å². The molecule has 1 heterocycles. The fourth-order valence-electron chi connectivity index (χ4n) is 3.31. The van der Waals surface area contributed by atoms with Gasteiger partial charge in [-0.3, -0.25) is 0 Å². The van der Waals surface area contributed by atoms with Gasteiger partial charge in [-0.15, -0.1) is 0 Å². The number of hydrogen-bond donors (Lipinski definition) is 2. The summed E-state index contributed by atoms with van der Waals surface area (Å²) in [6.07, 6.45) is 2.61. The van der Waals surface area contributed by atoms with Crippen LogP contribution in [0.1, 0.15) is 40.5 Å². The van der Waals surface area contributed by atoms with Crippen molar-refractivity contribution in [2.45, 2.75) is 40.5 Å². The molecule has 0 spiro atoms. The van der Waals surface area contributed by atoms with Crippen LogP contribution in [0.15, 0.2) is 0 Å². The Labute approximate surface area is 213 Å². The maximum Gasteiger partial charge on any atom is 0.0777 e. The molecule has 0 bridgehead atoms. The molecular weight excluding hydrogens is 535 g/mol. The largest absolute Gasteiger partial charge is 0.302 e. The number of halogens is 2. The first kappa shape index (κ1) is 38.2. The van der Waals surface area contributed by atoms with Crippen molar-refractivity contribution >= 4 is 0 Å². The van der Waals surface area contributed by atoms with E-state index in [1.807, 2.05) is 0 Å². The molecule has 1 saturated heterocycles. The molecule has 2 N–H and O–H groups in total. The van der Waals surface area contributed by atoms with Gasteiger partial charge < -0.3 is 19.6 Å². The molecule has 33 heavy (non-hydrogen) atoms. The molecule has 12 nitrogen and oxygen atoms in total. The Morgan fingerprint density at radius 3 is 0.758 bits per heavy atom. The van der Waals surface area contributed by atoms with Crippen LogP contribution < -0.4 is 28.0 Å². The summed E-state index contributed by atoms with van der Waals surface area (Å²) in [7, 11) is -9.39. The summed E-state index contributed by atoms with van der Waals surface area (Å²) in [4.78, 5) is 10.5. The van der Waals surface area contributed by atoms with Gasteiger partial charge in [-0.05, 0) is 65.2 Å². The second-order valence-corrected chi connectivity index (χ2v) is 8.82. The summed E-state index contributed by atoms with van der Waals surface area (Å²) >= 11 is 0. The molecule has 0 aromatic heterocycles. The molecule has 0 aliphatic carbocycles. The SMILES string of the molecule is CCN1CCCN(CC)CCN(CC)CCCN(CC)CC1.[Cu].[O-][Cl+3]([O-])([O-])O.[O-][Cl+3]([O-])([O-])O. The standard InChI is InChI=1S/C18H40N4.2ClHO4.Cu/c1-5-19-11-9-12-21(7-3)17-18-22(8-4)14-10-13-20(6-2)16-15-19;2*2-1(3,4)5;/h5-18H2,1-4H3;2*(H,2,3,4,5);. The number of likely N-dealkylation sites (N-methyl/N-ethyl adjacent to an activating group) is 4. The average molecular weight is 577 g/mol. The average Bonchev–Trinajstić information content (AvgIpc) is 2.66. The summed E-state index contributed by atoms with van der Waals surface area (Å²) in [5.41, 5.74) is 0. The van der Waals surface area contributed by atoms with Crippen molar-refractivity contribution in [1.82, 2.24) is 19.6 Å². The van der Waals surface area contributed by atoms with E-state index in [4.69, 9.17) is 37.3 Å². The fraction of sp³-hybridized carbons (Fsp3) is 1.00. The zero-order chi connectivity index (χ0) is 25.2. The van der Waals surface area contributed by atoms with Gasteiger partial charge in [0.1, 0.15) is 0 Å². The van der Waals surface area contributed by atoms with Gasteiger partial charge in [-0.1, -0.05) is 27.7 Å². The predicted octanol–water partition coefficient (Wildman–Crippen LogP) is -6.18. The topological polar surface area (TPSA) is 192 Å². The van der Waals surface area contributed by atoms with E-state index < -0.39 is 20.5 Å². The Hall–Kier alpha value is 0.619. The van der Waals surface area contributed by atoms with Crippen LogP contribution in [0.25, 0.3) is 0 Å². The third-order valence-electron chi connectivity index (χ3n) is 5.15. The van der Waals surface area contributed by atoms with Crippen molar-refractivity contribution in [2.24, 2.45) is 0 Å². The summed E-state index contributed by atoms with van der Waals surface area (Å²) in [5, 5.41) is 0. The predicted molar refractivity (Wildman–Crippen MR) is 102 cm³/mol. The Kier molecular flexibility index (Phi) is 25.3. The van der Waals surface area contributed by atoms with Gasteiger partial charge in [-0.2, -0.15) is 28.0 Å². The van der Waals surface area contributed by atoms with Crippen molar-refractivity contribution in [3.63, 3.8) is 0 Å². The van der Waals surface area contributed by atoms with Gasteiger partial charge in [0.15, 0.2) is 0 Å². The molecule has 0 amide bonds. The molecule has 0 atom stereocenters. The van der Waals surface area contributed by atoms with Crippen LogP contribution in [0.2, 0.25) is 0 Å². The molecule has 0 saturated carbocycles. The summed E-state index contributed by atoms with van der Waals surface area (Å²) in [6.45, 7) is 23.9. The van der Waals surface area contributed by atoms with Crippen LogP contribution in [-0.2, 0) is 17.1 Å². The minimum absolute atomic E-state index is 0. The summed E-state index contributed by atoms with van der Waals surface area (Å²) < 4.78 is 65.4. The van der Waals surface area contributed by atoms with Gasteiger partial charge >= 0.3 is 0 Å². The van der Waals surface area contributed by atoms with E-state index in [2.05, 4.69) is 47.3 Å². The molecule has 1 fully saturated rings. The number of rotatable bonds is 4. The van der Waals surface area contributed by atoms with Crippen LogP contribution in [0.4, 0.5) is 0 Å². The maximum absolute atomic E-state index is 8.60. The zero-order valence-corrected chi connectivity index (χ0v) is 22.5. The Balaban J connectivity index is -0.000000686. The van der Waals surface area contributed by atoms with Gasteiger partial charge in [0, 0.05) is 43.2 Å². The van der Waals surface area contributed by atoms with E-state index in [1.165, 1.54) is 91.4 Å². The molecule has 0 aromatic rings. The van der Waals surface area contributed by atoms with E-state index in [-0.39, 0.29) is 17.1 Å². The molecule has 1 aliphatic heterocycles. The van der Waals surface area contributed by atoms with Crippen molar-refractivity contribution in [2.75, 3.05) is 78.5 Å². The van der Waals surface area contributed by atoms with E-state index >= 15 is 0 Å². The molecule has 0 aromatic carbocycles. The van der Waals surface area contributed by atoms with Crippen molar-refractivity contribution in [3.8, 4) is 0 Å². The monoisotopic (exact) mass is 575 g/mol. The minimum Gasteiger partial charge on any atom is -0.302 e. The normalized spacial score (nSPS) is 19.3. The summed E-state index contributed by atoms with van der Waals surface area (Å²) in [6, 6.07) is 0. The Bertz CT molecular complexity index is 363. The molecular formula is C18H42Cl2CuN4O8. The van der Waals surface area contributed by atoms with Gasteiger partial charge in [0.2, 0.25) is 0 Å². The first-order chi connectivity index (χ1) is 14.7. The molecule has 15 heteroatoms. The molecule has 1 radical (unpaired) electrons. The van der Waals surface area contributed by atoms with E-state index in [1.54, 1.807) is 0 Å². The van der Waals surface area contributed by atoms with Crippen LogP contribution in [-0.4, -0.2) is 107 Å². The first-order valence-corrected chi connectivity index (χ1v) is 13.4. The van der Waals surface area contributed by atoms with E-state index in [0.717, 1.165) is 0 Å². The second-order valence-electron chi connectivity index (χ2n) is 7.24. The van der Waals surface area contributed by atoms with Gasteiger partial charge in [0.05, 0.1) is 29.8 Å². The molecule has 1 rings (SSSR count). The van der Waals surface area contributed by atoms with Gasteiger partial charge in [-0.25, -0.2) is 0 Å². The number of nitrogens with zero attached hydrogens (tertiary/aromatic N) is 4. The Morgan fingerprint density at radius 1 is 0.485 bits per heavy atom. The third kappa shape index (κ3) is 32.6. The van der Waals surface area contributed by atoms with Crippen LogP contribution in [0, 0.1) is 20.5 Å².